The zero-order chi connectivity index (χ0) is 42.1. The van der Waals surface area contributed by atoms with Crippen LogP contribution in [-0.4, -0.2) is 105 Å². The molecule has 5 fully saturated rings. The van der Waals surface area contributed by atoms with Gasteiger partial charge in [0.2, 0.25) is 11.8 Å². The van der Waals surface area contributed by atoms with Gasteiger partial charge in [-0.05, 0) is 104 Å². The van der Waals surface area contributed by atoms with Gasteiger partial charge in [-0.2, -0.15) is 0 Å². The minimum absolute atomic E-state index is 0.0307. The Labute approximate surface area is 352 Å². The van der Waals surface area contributed by atoms with Crippen LogP contribution in [0.2, 0.25) is 0 Å². The van der Waals surface area contributed by atoms with Crippen molar-refractivity contribution in [1.29, 1.82) is 0 Å². The Morgan fingerprint density at radius 3 is 2.07 bits per heavy atom. The van der Waals surface area contributed by atoms with Gasteiger partial charge in [0, 0.05) is 41.8 Å². The first kappa shape index (κ1) is 39.0. The minimum Gasteiger partial charge on any atom is -0.453 e. The maximum absolute atomic E-state index is 14.3. The van der Waals surface area contributed by atoms with Gasteiger partial charge in [-0.25, -0.2) is 19.6 Å². The summed E-state index contributed by atoms with van der Waals surface area (Å²) in [5.74, 6) is 8.68. The fourth-order valence-corrected chi connectivity index (χ4v) is 10.1. The second-order valence-corrected chi connectivity index (χ2v) is 17.7. The highest BCUT2D eigenvalue weighted by molar-refractivity contribution is 6.04. The van der Waals surface area contributed by atoms with E-state index >= 15 is 0 Å². The van der Waals surface area contributed by atoms with Crippen LogP contribution in [0, 0.1) is 35.5 Å². The van der Waals surface area contributed by atoms with E-state index in [4.69, 9.17) is 24.2 Å². The standard InChI is InChI=1S/C46H50N8O7/c1-23(2)38(51-45(57)59-3)43(55)53-34-19-28(34)21-36(53)41-47-31-11-8-25(18-33(31)49-41)6-5-24-7-10-30-27(17-24)9-12-32-40(30)50-42(48-32)37-22-29-20-35(29)54(37)44(56)39(52-46(58)60-4)26-13-15-61-16-14-26/h7-12,17-18,23,26,28-29,34-39H,13-16,19-22H2,1-4H3,(H,47,49)(H,48,50)(H,51,57)(H,52,58)/t28-,29-,34-,35-,36+,37+,38-,39-/m1/s1. The number of H-pyrrole nitrogens is 2. The van der Waals surface area contributed by atoms with Crippen molar-refractivity contribution < 1.29 is 33.4 Å². The van der Waals surface area contributed by atoms with Gasteiger partial charge in [-0.15, -0.1) is 0 Å². The van der Waals surface area contributed by atoms with E-state index in [-0.39, 0.29) is 47.8 Å². The van der Waals surface area contributed by atoms with Crippen molar-refractivity contribution >= 4 is 56.8 Å². The van der Waals surface area contributed by atoms with E-state index in [2.05, 4.69) is 50.6 Å². The van der Waals surface area contributed by atoms with Gasteiger partial charge in [-0.3, -0.25) is 9.59 Å². The number of benzene rings is 3. The highest BCUT2D eigenvalue weighted by atomic mass is 16.5. The van der Waals surface area contributed by atoms with Gasteiger partial charge in [0.1, 0.15) is 23.7 Å². The van der Waals surface area contributed by atoms with Crippen molar-refractivity contribution in [2.75, 3.05) is 27.4 Å². The number of aromatic nitrogens is 4. The number of aromatic amines is 2. The Hall–Kier alpha value is -6.14. The highest BCUT2D eigenvalue weighted by Crippen LogP contribution is 2.55. The average Bonchev–Trinajstić information content (AvgIpc) is 3.93. The molecule has 5 aliphatic rings. The molecule has 5 aromatic rings. The third-order valence-electron chi connectivity index (χ3n) is 13.5. The van der Waals surface area contributed by atoms with Crippen LogP contribution in [0.5, 0.6) is 0 Å². The van der Waals surface area contributed by atoms with Crippen LogP contribution in [0.1, 0.15) is 87.2 Å². The molecule has 61 heavy (non-hydrogen) atoms. The molecule has 4 amide bonds. The Balaban J connectivity index is 0.871. The highest BCUT2D eigenvalue weighted by Gasteiger charge is 2.57. The van der Waals surface area contributed by atoms with E-state index < -0.39 is 24.3 Å². The summed E-state index contributed by atoms with van der Waals surface area (Å²) in [6, 6.07) is 14.6. The molecule has 3 aromatic carbocycles. The smallest absolute Gasteiger partial charge is 0.407 e. The number of carbonyl (C=O) groups is 4. The molecular formula is C46H50N8O7. The number of piperidine rings is 2. The quantitative estimate of drug-likeness (QED) is 0.140. The summed E-state index contributed by atoms with van der Waals surface area (Å²) >= 11 is 0. The minimum atomic E-state index is -0.691. The first-order valence-electron chi connectivity index (χ1n) is 21.4. The maximum atomic E-state index is 14.3. The van der Waals surface area contributed by atoms with E-state index in [1.807, 2.05) is 54.0 Å². The summed E-state index contributed by atoms with van der Waals surface area (Å²) in [6.07, 6.45) is 3.75. The number of imidazole rings is 2. The van der Waals surface area contributed by atoms with Gasteiger partial charge >= 0.3 is 12.2 Å². The first-order chi connectivity index (χ1) is 29.6. The summed E-state index contributed by atoms with van der Waals surface area (Å²) < 4.78 is 15.3. The number of methoxy groups -OCH3 is 2. The SMILES string of the molecule is COC(=O)N[C@@H](C(=O)N1[C@@H]2C[C@@H]2C[C@H]1c1nc2ccc(C#Cc3ccc4c(ccc5[nH]c([C@@H]6C[C@H]7C[C@H]7N6C(=O)[C@H](NC(=O)OC)C6CCOCC6)nc54)c3)cc2[nH]1)C(C)C. The van der Waals surface area contributed by atoms with E-state index in [0.29, 0.717) is 37.9 Å². The molecule has 0 bridgehead atoms. The Bertz CT molecular complexity index is 2640. The molecule has 10 rings (SSSR count). The van der Waals surface area contributed by atoms with Crippen molar-refractivity contribution in [2.45, 2.75) is 88.6 Å². The first-order valence-corrected chi connectivity index (χ1v) is 21.4. The molecule has 4 N–H and O–H groups in total. The molecule has 0 unspecified atom stereocenters. The van der Waals surface area contributed by atoms with Crippen molar-refractivity contribution in [2.24, 2.45) is 23.7 Å². The zero-order valence-electron chi connectivity index (χ0n) is 34.7. The molecule has 15 nitrogen and oxygen atoms in total. The number of amides is 4. The molecule has 5 heterocycles. The molecule has 0 spiro atoms. The van der Waals surface area contributed by atoms with Crippen LogP contribution in [0.3, 0.4) is 0 Å². The number of carbonyl (C=O) groups excluding carboxylic acids is 4. The topological polar surface area (TPSA) is 184 Å². The molecule has 2 aromatic heterocycles. The lowest BCUT2D eigenvalue weighted by atomic mass is 9.90. The second kappa shape index (κ2) is 15.4. The second-order valence-electron chi connectivity index (χ2n) is 17.7. The van der Waals surface area contributed by atoms with E-state index in [1.165, 1.54) is 14.2 Å². The molecule has 2 aliphatic carbocycles. The summed E-state index contributed by atoms with van der Waals surface area (Å²) in [5.41, 5.74) is 5.07. The monoisotopic (exact) mass is 826 g/mol. The maximum Gasteiger partial charge on any atom is 0.407 e. The molecule has 8 atom stereocenters. The Morgan fingerprint density at radius 1 is 0.754 bits per heavy atom. The van der Waals surface area contributed by atoms with Gasteiger partial charge in [0.25, 0.3) is 0 Å². The van der Waals surface area contributed by atoms with Crippen molar-refractivity contribution in [3.63, 3.8) is 0 Å². The average molecular weight is 827 g/mol. The van der Waals surface area contributed by atoms with Gasteiger partial charge < -0.3 is 44.6 Å². The largest absolute Gasteiger partial charge is 0.453 e. The number of hydrogen-bond donors (Lipinski definition) is 4. The molecule has 3 aliphatic heterocycles. The molecule has 15 heteroatoms. The van der Waals surface area contributed by atoms with E-state index in [1.54, 1.807) is 0 Å². The lowest BCUT2D eigenvalue weighted by Crippen LogP contribution is -2.54. The number of fused-ring (bicyclic) bond motifs is 6. The number of nitrogens with one attached hydrogen (secondary N) is 4. The summed E-state index contributed by atoms with van der Waals surface area (Å²) in [7, 11) is 2.62. The molecule has 316 valence electrons. The predicted octanol–water partition coefficient (Wildman–Crippen LogP) is 5.85. The summed E-state index contributed by atoms with van der Waals surface area (Å²) in [4.78, 5) is 73.6. The van der Waals surface area contributed by atoms with E-state index in [0.717, 1.165) is 81.3 Å². The number of nitrogens with zero attached hydrogens (tertiary/aromatic N) is 4. The van der Waals surface area contributed by atoms with Crippen LogP contribution in [-0.2, 0) is 23.8 Å². The lowest BCUT2D eigenvalue weighted by molar-refractivity contribution is -0.138. The number of hydrogen-bond acceptors (Lipinski definition) is 9. The fraction of sp³-hybridized carbons (Fsp3) is 0.478. The molecule has 3 saturated heterocycles. The molecular weight excluding hydrogens is 777 g/mol. The van der Waals surface area contributed by atoms with Crippen LogP contribution in [0.4, 0.5) is 9.59 Å². The lowest BCUT2D eigenvalue weighted by Gasteiger charge is -2.35. The molecule has 2 saturated carbocycles. The van der Waals surface area contributed by atoms with Crippen LogP contribution in [0.25, 0.3) is 32.8 Å². The normalized spacial score (nSPS) is 25.1. The van der Waals surface area contributed by atoms with Gasteiger partial charge in [0.15, 0.2) is 0 Å². The number of likely N-dealkylation sites (tertiary alicyclic amines) is 2. The third kappa shape index (κ3) is 7.20. The van der Waals surface area contributed by atoms with Crippen LogP contribution >= 0.6 is 0 Å². The fourth-order valence-electron chi connectivity index (χ4n) is 10.1. The number of rotatable bonds is 8. The Morgan fingerprint density at radius 2 is 1.38 bits per heavy atom. The van der Waals surface area contributed by atoms with Crippen LogP contribution in [0.15, 0.2) is 48.5 Å². The predicted molar refractivity (Wildman–Crippen MR) is 225 cm³/mol. The molecule has 0 radical (unpaired) electrons. The van der Waals surface area contributed by atoms with Crippen molar-refractivity contribution in [3.05, 3.63) is 71.3 Å². The van der Waals surface area contributed by atoms with Gasteiger partial charge in [0.05, 0.1) is 48.4 Å². The number of alkyl carbamates (subject to hydrolysis) is 2. The third-order valence-corrected chi connectivity index (χ3v) is 13.5. The van der Waals surface area contributed by atoms with Crippen LogP contribution < -0.4 is 10.6 Å². The van der Waals surface area contributed by atoms with Crippen molar-refractivity contribution in [3.8, 4) is 11.8 Å². The van der Waals surface area contributed by atoms with Gasteiger partial charge in [-0.1, -0.05) is 37.8 Å². The number of ether oxygens (including phenoxy) is 3. The van der Waals surface area contributed by atoms with Crippen molar-refractivity contribution in [1.82, 2.24) is 40.4 Å². The summed E-state index contributed by atoms with van der Waals surface area (Å²) in [5, 5.41) is 7.59. The Kier molecular flexibility index (Phi) is 9.85. The summed E-state index contributed by atoms with van der Waals surface area (Å²) in [6.45, 7) is 4.95. The van der Waals surface area contributed by atoms with E-state index in [9.17, 15) is 19.2 Å². The zero-order valence-corrected chi connectivity index (χ0v) is 34.7.